The molecule has 0 saturated carbocycles. The molecule has 2 aliphatic rings. The van der Waals surface area contributed by atoms with Gasteiger partial charge in [0, 0.05) is 19.2 Å². The molecule has 2 aliphatic heterocycles. The monoisotopic (exact) mass is 431 g/mol. The minimum Gasteiger partial charge on any atom is -0.497 e. The second-order valence-electron chi connectivity index (χ2n) is 7.39. The molecule has 31 heavy (non-hydrogen) atoms. The zero-order chi connectivity index (χ0) is 22.4. The molecule has 1 saturated heterocycles. The molecule has 9 heteroatoms. The van der Waals surface area contributed by atoms with E-state index in [-0.39, 0.29) is 36.3 Å². The van der Waals surface area contributed by atoms with Crippen molar-refractivity contribution in [2.75, 3.05) is 50.6 Å². The van der Waals surface area contributed by atoms with Gasteiger partial charge in [0.1, 0.15) is 11.4 Å². The molecule has 1 aromatic carbocycles. The van der Waals surface area contributed by atoms with Crippen molar-refractivity contribution in [2.45, 2.75) is 26.7 Å². The third-order valence-corrected chi connectivity index (χ3v) is 5.30. The number of esters is 2. The van der Waals surface area contributed by atoms with Gasteiger partial charge in [-0.15, -0.1) is 0 Å². The SMILES string of the molecule is CCOC(=O)C1=C(CN2CCCC(C(=O)OCC)C2)C(=O)Nc2cc(OC)ccc2N1. The van der Waals surface area contributed by atoms with Crippen molar-refractivity contribution in [1.29, 1.82) is 0 Å². The summed E-state index contributed by atoms with van der Waals surface area (Å²) < 4.78 is 15.6. The average molecular weight is 431 g/mol. The molecule has 3 rings (SSSR count). The summed E-state index contributed by atoms with van der Waals surface area (Å²) in [6.45, 7) is 5.39. The summed E-state index contributed by atoms with van der Waals surface area (Å²) in [7, 11) is 1.54. The third-order valence-electron chi connectivity index (χ3n) is 5.30. The van der Waals surface area contributed by atoms with Crippen LogP contribution >= 0.6 is 0 Å². The number of hydrogen-bond acceptors (Lipinski definition) is 8. The molecule has 0 spiro atoms. The fraction of sp³-hybridized carbons (Fsp3) is 0.500. The molecular formula is C22H29N3O6. The lowest BCUT2D eigenvalue weighted by atomic mass is 9.97. The van der Waals surface area contributed by atoms with Crippen molar-refractivity contribution in [3.63, 3.8) is 0 Å². The van der Waals surface area contributed by atoms with Crippen LogP contribution in [0.4, 0.5) is 11.4 Å². The highest BCUT2D eigenvalue weighted by Crippen LogP contribution is 2.32. The van der Waals surface area contributed by atoms with Gasteiger partial charge in [-0.3, -0.25) is 14.5 Å². The zero-order valence-corrected chi connectivity index (χ0v) is 18.2. The number of piperidine rings is 1. The van der Waals surface area contributed by atoms with E-state index in [1.54, 1.807) is 32.0 Å². The fourth-order valence-electron chi connectivity index (χ4n) is 3.79. The molecule has 0 aromatic heterocycles. The standard InChI is InChI=1S/C22H29N3O6/c1-4-30-21(27)14-7-6-10-25(12-14)13-16-19(22(28)31-5-2)23-17-9-8-15(29-3)11-18(17)24-20(16)26/h8-9,11,14,23H,4-7,10,12-13H2,1-3H3,(H,24,26). The summed E-state index contributed by atoms with van der Waals surface area (Å²) in [5.41, 5.74) is 1.43. The quantitative estimate of drug-likeness (QED) is 0.633. The molecule has 1 fully saturated rings. The van der Waals surface area contributed by atoms with Crippen LogP contribution in [0.1, 0.15) is 26.7 Å². The van der Waals surface area contributed by atoms with Crippen molar-refractivity contribution < 1.29 is 28.6 Å². The van der Waals surface area contributed by atoms with Gasteiger partial charge >= 0.3 is 11.9 Å². The van der Waals surface area contributed by atoms with Gasteiger partial charge in [-0.2, -0.15) is 0 Å². The van der Waals surface area contributed by atoms with Crippen LogP contribution < -0.4 is 15.4 Å². The smallest absolute Gasteiger partial charge is 0.355 e. The van der Waals surface area contributed by atoms with Crippen LogP contribution in [0.3, 0.4) is 0 Å². The molecule has 2 heterocycles. The van der Waals surface area contributed by atoms with Crippen molar-refractivity contribution in [2.24, 2.45) is 5.92 Å². The molecule has 2 N–H and O–H groups in total. The van der Waals surface area contributed by atoms with E-state index in [2.05, 4.69) is 10.6 Å². The first-order chi connectivity index (χ1) is 15.0. The van der Waals surface area contributed by atoms with Crippen molar-refractivity contribution >= 4 is 29.2 Å². The van der Waals surface area contributed by atoms with Crippen LogP contribution in [0, 0.1) is 5.92 Å². The molecular weight excluding hydrogens is 402 g/mol. The number of anilines is 2. The first-order valence-corrected chi connectivity index (χ1v) is 10.5. The summed E-state index contributed by atoms with van der Waals surface area (Å²) >= 11 is 0. The van der Waals surface area contributed by atoms with Crippen LogP contribution in [-0.2, 0) is 23.9 Å². The summed E-state index contributed by atoms with van der Waals surface area (Å²) in [6, 6.07) is 5.15. The molecule has 0 bridgehead atoms. The number of carbonyl (C=O) groups excluding carboxylic acids is 3. The number of carbonyl (C=O) groups is 3. The Morgan fingerprint density at radius 3 is 2.61 bits per heavy atom. The molecule has 1 amide bonds. The number of fused-ring (bicyclic) bond motifs is 1. The van der Waals surface area contributed by atoms with E-state index >= 15 is 0 Å². The number of methoxy groups -OCH3 is 1. The summed E-state index contributed by atoms with van der Waals surface area (Å²) in [6.07, 6.45) is 1.55. The highest BCUT2D eigenvalue weighted by molar-refractivity contribution is 6.13. The Hall–Kier alpha value is -3.07. The lowest BCUT2D eigenvalue weighted by Crippen LogP contribution is -2.42. The number of hydrogen-bond donors (Lipinski definition) is 2. The maximum absolute atomic E-state index is 13.1. The zero-order valence-electron chi connectivity index (χ0n) is 18.2. The number of benzene rings is 1. The van der Waals surface area contributed by atoms with E-state index in [9.17, 15) is 14.4 Å². The Morgan fingerprint density at radius 2 is 1.90 bits per heavy atom. The van der Waals surface area contributed by atoms with E-state index in [1.165, 1.54) is 7.11 Å². The van der Waals surface area contributed by atoms with Crippen LogP contribution in [0.25, 0.3) is 0 Å². The van der Waals surface area contributed by atoms with Crippen LogP contribution in [-0.4, -0.2) is 62.7 Å². The Balaban J connectivity index is 1.88. The topological polar surface area (TPSA) is 106 Å². The minimum atomic E-state index is -0.602. The van der Waals surface area contributed by atoms with Gasteiger partial charge in [-0.25, -0.2) is 4.79 Å². The van der Waals surface area contributed by atoms with Gasteiger partial charge < -0.3 is 24.8 Å². The highest BCUT2D eigenvalue weighted by atomic mass is 16.5. The van der Waals surface area contributed by atoms with Gasteiger partial charge in [0.2, 0.25) is 0 Å². The normalized spacial score (nSPS) is 18.9. The van der Waals surface area contributed by atoms with Crippen LogP contribution in [0.15, 0.2) is 29.5 Å². The Bertz CT molecular complexity index is 882. The lowest BCUT2D eigenvalue weighted by Gasteiger charge is -2.32. The summed E-state index contributed by atoms with van der Waals surface area (Å²) in [5, 5.41) is 5.92. The van der Waals surface area contributed by atoms with Gasteiger partial charge in [0.25, 0.3) is 5.91 Å². The number of nitrogens with one attached hydrogen (secondary N) is 2. The third kappa shape index (κ3) is 5.35. The maximum Gasteiger partial charge on any atom is 0.355 e. The number of nitrogens with zero attached hydrogens (tertiary/aromatic N) is 1. The van der Waals surface area contributed by atoms with Crippen LogP contribution in [0.5, 0.6) is 5.75 Å². The molecule has 9 nitrogen and oxygen atoms in total. The minimum absolute atomic E-state index is 0.0986. The Morgan fingerprint density at radius 1 is 1.13 bits per heavy atom. The number of rotatable bonds is 7. The van der Waals surface area contributed by atoms with Crippen molar-refractivity contribution in [3.05, 3.63) is 29.5 Å². The first kappa shape index (κ1) is 22.6. The average Bonchev–Trinajstić information content (AvgIpc) is 2.90. The number of amides is 1. The van der Waals surface area contributed by atoms with Crippen molar-refractivity contribution in [1.82, 2.24) is 4.90 Å². The van der Waals surface area contributed by atoms with E-state index in [0.717, 1.165) is 12.8 Å². The molecule has 168 valence electrons. The Kier molecular flexibility index (Phi) is 7.51. The second kappa shape index (κ2) is 10.3. The predicted molar refractivity (Wildman–Crippen MR) is 115 cm³/mol. The molecule has 0 radical (unpaired) electrons. The van der Waals surface area contributed by atoms with E-state index in [0.29, 0.717) is 36.8 Å². The fourth-order valence-corrected chi connectivity index (χ4v) is 3.79. The van der Waals surface area contributed by atoms with E-state index < -0.39 is 11.9 Å². The van der Waals surface area contributed by atoms with E-state index in [1.807, 2.05) is 4.90 Å². The molecule has 0 aliphatic carbocycles. The van der Waals surface area contributed by atoms with Gasteiger partial charge in [-0.05, 0) is 45.4 Å². The van der Waals surface area contributed by atoms with Gasteiger partial charge in [-0.1, -0.05) is 0 Å². The lowest BCUT2D eigenvalue weighted by molar-refractivity contribution is -0.149. The van der Waals surface area contributed by atoms with Crippen molar-refractivity contribution in [3.8, 4) is 5.75 Å². The first-order valence-electron chi connectivity index (χ1n) is 10.5. The largest absolute Gasteiger partial charge is 0.497 e. The van der Waals surface area contributed by atoms with Crippen LogP contribution in [0.2, 0.25) is 0 Å². The molecule has 1 aromatic rings. The van der Waals surface area contributed by atoms with Gasteiger partial charge in [0.15, 0.2) is 0 Å². The highest BCUT2D eigenvalue weighted by Gasteiger charge is 2.32. The predicted octanol–water partition coefficient (Wildman–Crippen LogP) is 2.15. The number of likely N-dealkylation sites (tertiary alicyclic amines) is 1. The van der Waals surface area contributed by atoms with E-state index in [4.69, 9.17) is 14.2 Å². The Labute approximate surface area is 181 Å². The van der Waals surface area contributed by atoms with Gasteiger partial charge in [0.05, 0.1) is 43.2 Å². The number of ether oxygens (including phenoxy) is 3. The summed E-state index contributed by atoms with van der Waals surface area (Å²) in [4.78, 5) is 40.0. The molecule has 1 unspecified atom stereocenters. The second-order valence-corrected chi connectivity index (χ2v) is 7.39. The maximum atomic E-state index is 13.1. The molecule has 1 atom stereocenters. The summed E-state index contributed by atoms with van der Waals surface area (Å²) in [5.74, 6) is -0.898.